The molecule has 0 radical (unpaired) electrons. The van der Waals surface area contributed by atoms with Crippen LogP contribution < -0.4 is 0 Å². The zero-order valence-corrected chi connectivity index (χ0v) is 12.3. The van der Waals surface area contributed by atoms with Crippen molar-refractivity contribution in [1.82, 2.24) is 0 Å². The highest BCUT2D eigenvalue weighted by Gasteiger charge is 2.36. The van der Waals surface area contributed by atoms with E-state index in [0.29, 0.717) is 11.5 Å². The molecule has 0 aromatic rings. The molecule has 0 spiro atoms. The third-order valence-corrected chi connectivity index (χ3v) is 4.82. The SMILES string of the molecule is C=NC(C)CC(C)(CCC)C1CCCC(C)C1. The van der Waals surface area contributed by atoms with Gasteiger partial charge in [-0.3, -0.25) is 4.99 Å². The van der Waals surface area contributed by atoms with E-state index in [1.807, 2.05) is 0 Å². The van der Waals surface area contributed by atoms with Gasteiger partial charge in [0.25, 0.3) is 0 Å². The Morgan fingerprint density at radius 2 is 2.12 bits per heavy atom. The predicted molar refractivity (Wildman–Crippen MR) is 77.8 cm³/mol. The van der Waals surface area contributed by atoms with Crippen LogP contribution in [0.2, 0.25) is 0 Å². The second-order valence-electron chi connectivity index (χ2n) is 6.61. The molecular weight excluding hydrogens is 206 g/mol. The highest BCUT2D eigenvalue weighted by Crippen LogP contribution is 2.46. The molecule has 17 heavy (non-hydrogen) atoms. The molecule has 4 unspecified atom stereocenters. The summed E-state index contributed by atoms with van der Waals surface area (Å²) in [7, 11) is 0. The third kappa shape index (κ3) is 4.12. The first kappa shape index (κ1) is 14.7. The highest BCUT2D eigenvalue weighted by molar-refractivity contribution is 5.24. The minimum absolute atomic E-state index is 0.420. The molecule has 1 rings (SSSR count). The fourth-order valence-corrected chi connectivity index (χ4v) is 3.85. The smallest absolute Gasteiger partial charge is 0.0469 e. The monoisotopic (exact) mass is 237 g/mol. The Labute approximate surface area is 108 Å². The number of nitrogens with zero attached hydrogens (tertiary/aromatic N) is 1. The van der Waals surface area contributed by atoms with Gasteiger partial charge in [0, 0.05) is 6.04 Å². The van der Waals surface area contributed by atoms with Crippen LogP contribution in [0.1, 0.15) is 72.6 Å². The highest BCUT2D eigenvalue weighted by atomic mass is 14.7. The number of rotatable bonds is 6. The standard InChI is InChI=1S/C16H31N/c1-6-10-16(4,12-14(3)17-5)15-9-7-8-13(2)11-15/h13-15H,5-12H2,1-4H3. The summed E-state index contributed by atoms with van der Waals surface area (Å²) in [6.07, 6.45) is 9.61. The van der Waals surface area contributed by atoms with Gasteiger partial charge in [-0.05, 0) is 56.6 Å². The summed E-state index contributed by atoms with van der Waals surface area (Å²) < 4.78 is 0. The van der Waals surface area contributed by atoms with Crippen molar-refractivity contribution in [3.63, 3.8) is 0 Å². The fraction of sp³-hybridized carbons (Fsp3) is 0.938. The van der Waals surface area contributed by atoms with E-state index in [4.69, 9.17) is 0 Å². The van der Waals surface area contributed by atoms with Gasteiger partial charge in [0.15, 0.2) is 0 Å². The average molecular weight is 237 g/mol. The first-order valence-corrected chi connectivity index (χ1v) is 7.47. The minimum atomic E-state index is 0.420. The summed E-state index contributed by atoms with van der Waals surface area (Å²) in [4.78, 5) is 4.22. The van der Waals surface area contributed by atoms with Gasteiger partial charge in [0.05, 0.1) is 0 Å². The minimum Gasteiger partial charge on any atom is -0.298 e. The quantitative estimate of drug-likeness (QED) is 0.570. The van der Waals surface area contributed by atoms with Crippen LogP contribution in [0.25, 0.3) is 0 Å². The summed E-state index contributed by atoms with van der Waals surface area (Å²) in [6.45, 7) is 13.2. The average Bonchev–Trinajstić information content (AvgIpc) is 2.29. The number of aliphatic imine (C=N–C) groups is 1. The van der Waals surface area contributed by atoms with Gasteiger partial charge in [0.1, 0.15) is 0 Å². The number of hydrogen-bond donors (Lipinski definition) is 0. The third-order valence-electron chi connectivity index (χ3n) is 4.82. The van der Waals surface area contributed by atoms with Crippen molar-refractivity contribution in [2.45, 2.75) is 78.7 Å². The van der Waals surface area contributed by atoms with Crippen molar-refractivity contribution in [2.24, 2.45) is 22.2 Å². The first-order valence-electron chi connectivity index (χ1n) is 7.47. The normalized spacial score (nSPS) is 30.6. The Bertz CT molecular complexity index is 236. The summed E-state index contributed by atoms with van der Waals surface area (Å²) in [5, 5.41) is 0. The van der Waals surface area contributed by atoms with Crippen LogP contribution in [0, 0.1) is 17.3 Å². The van der Waals surface area contributed by atoms with Gasteiger partial charge >= 0.3 is 0 Å². The Balaban J connectivity index is 2.70. The van der Waals surface area contributed by atoms with Crippen molar-refractivity contribution < 1.29 is 0 Å². The molecule has 0 aromatic carbocycles. The van der Waals surface area contributed by atoms with E-state index in [2.05, 4.69) is 39.4 Å². The van der Waals surface area contributed by atoms with Gasteiger partial charge in [-0.25, -0.2) is 0 Å². The van der Waals surface area contributed by atoms with Crippen molar-refractivity contribution in [1.29, 1.82) is 0 Å². The molecule has 0 aliphatic heterocycles. The maximum Gasteiger partial charge on any atom is 0.0469 e. The topological polar surface area (TPSA) is 12.4 Å². The van der Waals surface area contributed by atoms with Gasteiger partial charge in [-0.15, -0.1) is 0 Å². The summed E-state index contributed by atoms with van der Waals surface area (Å²) in [5.74, 6) is 1.84. The molecule has 0 amide bonds. The van der Waals surface area contributed by atoms with Crippen LogP contribution in [0.4, 0.5) is 0 Å². The lowest BCUT2D eigenvalue weighted by atomic mass is 9.63. The van der Waals surface area contributed by atoms with Gasteiger partial charge < -0.3 is 0 Å². The molecule has 1 saturated carbocycles. The Morgan fingerprint density at radius 3 is 2.65 bits per heavy atom. The fourth-order valence-electron chi connectivity index (χ4n) is 3.85. The van der Waals surface area contributed by atoms with Crippen LogP contribution in [0.3, 0.4) is 0 Å². The second kappa shape index (κ2) is 6.56. The molecule has 1 nitrogen and oxygen atoms in total. The zero-order valence-electron chi connectivity index (χ0n) is 12.3. The lowest BCUT2D eigenvalue weighted by Gasteiger charge is -2.43. The molecule has 100 valence electrons. The van der Waals surface area contributed by atoms with E-state index in [1.54, 1.807) is 0 Å². The maximum atomic E-state index is 4.22. The molecule has 0 saturated heterocycles. The Hall–Kier alpha value is -0.330. The molecule has 1 aliphatic carbocycles. The van der Waals surface area contributed by atoms with Gasteiger partial charge in [-0.2, -0.15) is 0 Å². The molecular formula is C16H31N. The summed E-state index contributed by atoms with van der Waals surface area (Å²) >= 11 is 0. The molecule has 1 fully saturated rings. The van der Waals surface area contributed by atoms with E-state index in [1.165, 1.54) is 44.9 Å². The predicted octanol–water partition coefficient (Wildman–Crippen LogP) is 5.10. The van der Waals surface area contributed by atoms with E-state index in [0.717, 1.165) is 11.8 Å². The van der Waals surface area contributed by atoms with Crippen LogP contribution in [0.5, 0.6) is 0 Å². The van der Waals surface area contributed by atoms with Crippen molar-refractivity contribution in [3.05, 3.63) is 0 Å². The molecule has 0 bridgehead atoms. The molecule has 0 aromatic heterocycles. The first-order chi connectivity index (χ1) is 8.01. The molecule has 0 N–H and O–H groups in total. The van der Waals surface area contributed by atoms with Crippen LogP contribution in [0.15, 0.2) is 4.99 Å². The Kier molecular flexibility index (Phi) is 5.69. The van der Waals surface area contributed by atoms with E-state index >= 15 is 0 Å². The zero-order chi connectivity index (χ0) is 12.9. The lowest BCUT2D eigenvalue weighted by molar-refractivity contribution is 0.0863. The van der Waals surface area contributed by atoms with Crippen molar-refractivity contribution >= 4 is 6.72 Å². The van der Waals surface area contributed by atoms with Crippen LogP contribution >= 0.6 is 0 Å². The van der Waals surface area contributed by atoms with Gasteiger partial charge in [-0.1, -0.05) is 40.0 Å². The van der Waals surface area contributed by atoms with E-state index in [-0.39, 0.29) is 0 Å². The maximum absolute atomic E-state index is 4.22. The van der Waals surface area contributed by atoms with Gasteiger partial charge in [0.2, 0.25) is 0 Å². The van der Waals surface area contributed by atoms with E-state index in [9.17, 15) is 0 Å². The van der Waals surface area contributed by atoms with Crippen LogP contribution in [-0.4, -0.2) is 12.8 Å². The molecule has 1 heteroatoms. The molecule has 0 heterocycles. The largest absolute Gasteiger partial charge is 0.298 e. The number of hydrogen-bond acceptors (Lipinski definition) is 1. The summed E-state index contributed by atoms with van der Waals surface area (Å²) in [6, 6.07) is 0.420. The molecule has 1 aliphatic rings. The summed E-state index contributed by atoms with van der Waals surface area (Å²) in [5.41, 5.74) is 0.490. The van der Waals surface area contributed by atoms with Crippen molar-refractivity contribution in [3.8, 4) is 0 Å². The molecule has 4 atom stereocenters. The van der Waals surface area contributed by atoms with Crippen molar-refractivity contribution in [2.75, 3.05) is 0 Å². The lowest BCUT2D eigenvalue weighted by Crippen LogP contribution is -2.33. The second-order valence-corrected chi connectivity index (χ2v) is 6.61. The van der Waals surface area contributed by atoms with Crippen LogP contribution in [-0.2, 0) is 0 Å². The Morgan fingerprint density at radius 1 is 1.41 bits per heavy atom. The van der Waals surface area contributed by atoms with E-state index < -0.39 is 0 Å².